The fourth-order valence-electron chi connectivity index (χ4n) is 4.34. The monoisotopic (exact) mass is 465 g/mol. The molecule has 0 amide bonds. The van der Waals surface area contributed by atoms with E-state index in [9.17, 15) is 9.59 Å². The Labute approximate surface area is 199 Å². The largest absolute Gasteiger partial charge is 0.477 e. The molecule has 0 saturated carbocycles. The maximum Gasteiger partial charge on any atom is 0.336 e. The highest BCUT2D eigenvalue weighted by Gasteiger charge is 2.25. The van der Waals surface area contributed by atoms with Crippen molar-refractivity contribution in [3.63, 3.8) is 0 Å². The van der Waals surface area contributed by atoms with Crippen molar-refractivity contribution in [3.8, 4) is 5.75 Å². The van der Waals surface area contributed by atoms with E-state index in [2.05, 4.69) is 29.2 Å². The molecule has 1 aromatic heterocycles. The molecule has 0 unspecified atom stereocenters. The summed E-state index contributed by atoms with van der Waals surface area (Å²) in [5, 5.41) is 0.871. The Kier molecular flexibility index (Phi) is 7.98. The molecular weight excluding hydrogens is 434 g/mol. The Bertz CT molecular complexity index is 1190. The van der Waals surface area contributed by atoms with Gasteiger partial charge in [0.15, 0.2) is 0 Å². The quantitative estimate of drug-likeness (QED) is 0.254. The molecule has 1 aliphatic heterocycles. The van der Waals surface area contributed by atoms with Crippen LogP contribution in [0.1, 0.15) is 35.1 Å². The number of methoxy groups -OCH3 is 1. The Hall–Kier alpha value is -3.16. The number of ether oxygens (including phenoxy) is 3. The maximum atomic E-state index is 12.1. The molecule has 0 bridgehead atoms. The van der Waals surface area contributed by atoms with Gasteiger partial charge < -0.3 is 18.6 Å². The van der Waals surface area contributed by atoms with Crippen LogP contribution in [-0.4, -0.2) is 44.5 Å². The van der Waals surface area contributed by atoms with Crippen LogP contribution in [-0.2, 0) is 33.7 Å². The summed E-state index contributed by atoms with van der Waals surface area (Å²) in [4.78, 5) is 26.5. The molecule has 180 valence electrons. The van der Waals surface area contributed by atoms with Crippen molar-refractivity contribution < 1.29 is 23.4 Å². The van der Waals surface area contributed by atoms with Crippen molar-refractivity contribution in [1.82, 2.24) is 4.90 Å². The molecule has 7 nitrogen and oxygen atoms in total. The molecule has 7 heteroatoms. The highest BCUT2D eigenvalue weighted by Crippen LogP contribution is 2.37. The van der Waals surface area contributed by atoms with Crippen molar-refractivity contribution >= 4 is 16.9 Å². The summed E-state index contributed by atoms with van der Waals surface area (Å²) in [6.07, 6.45) is 2.71. The van der Waals surface area contributed by atoms with Crippen LogP contribution < -0.4 is 10.4 Å². The minimum Gasteiger partial charge on any atom is -0.477 e. The molecule has 4 rings (SSSR count). The van der Waals surface area contributed by atoms with Crippen LogP contribution in [0.4, 0.5) is 0 Å². The number of esters is 1. The predicted octanol–water partition coefficient (Wildman–Crippen LogP) is 4.01. The summed E-state index contributed by atoms with van der Waals surface area (Å²) in [5.74, 6) is 0.436. The van der Waals surface area contributed by atoms with Gasteiger partial charge in [-0.1, -0.05) is 30.3 Å². The Morgan fingerprint density at radius 2 is 1.94 bits per heavy atom. The second-order valence-corrected chi connectivity index (χ2v) is 8.60. The highest BCUT2D eigenvalue weighted by atomic mass is 16.6. The summed E-state index contributed by atoms with van der Waals surface area (Å²) in [5.41, 5.74) is 4.15. The van der Waals surface area contributed by atoms with Gasteiger partial charge in [0.2, 0.25) is 0 Å². The van der Waals surface area contributed by atoms with Gasteiger partial charge in [-0.25, -0.2) is 4.79 Å². The van der Waals surface area contributed by atoms with Crippen LogP contribution in [0.3, 0.4) is 0 Å². The number of fused-ring (bicyclic) bond motifs is 3. The number of aryl methyl sites for hydroxylation is 3. The van der Waals surface area contributed by atoms with Crippen LogP contribution in [0.15, 0.2) is 51.7 Å². The second-order valence-electron chi connectivity index (χ2n) is 8.60. The highest BCUT2D eigenvalue weighted by molar-refractivity contribution is 5.86. The zero-order chi connectivity index (χ0) is 23.9. The number of hydrogen-bond donors (Lipinski definition) is 0. The van der Waals surface area contributed by atoms with Crippen molar-refractivity contribution in [2.24, 2.45) is 0 Å². The average Bonchev–Trinajstić information content (AvgIpc) is 2.83. The molecule has 0 atom stereocenters. The maximum absolute atomic E-state index is 12.1. The van der Waals surface area contributed by atoms with Crippen LogP contribution in [0, 0.1) is 6.92 Å². The van der Waals surface area contributed by atoms with E-state index in [4.69, 9.17) is 18.6 Å². The van der Waals surface area contributed by atoms with Gasteiger partial charge in [-0.15, -0.1) is 0 Å². The summed E-state index contributed by atoms with van der Waals surface area (Å²) < 4.78 is 21.9. The number of benzene rings is 2. The summed E-state index contributed by atoms with van der Waals surface area (Å²) in [7, 11) is 1.57. The minimum absolute atomic E-state index is 0.238. The Morgan fingerprint density at radius 1 is 1.12 bits per heavy atom. The van der Waals surface area contributed by atoms with Crippen molar-refractivity contribution in [1.29, 1.82) is 0 Å². The third-order valence-electron chi connectivity index (χ3n) is 6.07. The van der Waals surface area contributed by atoms with E-state index in [0.717, 1.165) is 41.5 Å². The normalized spacial score (nSPS) is 13.5. The van der Waals surface area contributed by atoms with Gasteiger partial charge in [0.1, 0.15) is 24.7 Å². The van der Waals surface area contributed by atoms with E-state index >= 15 is 0 Å². The second kappa shape index (κ2) is 11.3. The molecular formula is C27H31NO6. The summed E-state index contributed by atoms with van der Waals surface area (Å²) >= 11 is 0. The summed E-state index contributed by atoms with van der Waals surface area (Å²) in [6, 6.07) is 13.9. The average molecular weight is 466 g/mol. The fraction of sp³-hybridized carbons (Fsp3) is 0.407. The van der Waals surface area contributed by atoms with E-state index in [0.29, 0.717) is 37.6 Å². The molecule has 1 aliphatic rings. The fourth-order valence-corrected chi connectivity index (χ4v) is 4.34. The summed E-state index contributed by atoms with van der Waals surface area (Å²) in [6.45, 7) is 4.45. The topological polar surface area (TPSA) is 78.2 Å². The lowest BCUT2D eigenvalue weighted by atomic mass is 9.97. The van der Waals surface area contributed by atoms with Gasteiger partial charge in [-0.3, -0.25) is 9.69 Å². The predicted molar refractivity (Wildman–Crippen MR) is 129 cm³/mol. The molecule has 0 aliphatic carbocycles. The van der Waals surface area contributed by atoms with Gasteiger partial charge in [0.25, 0.3) is 0 Å². The zero-order valence-electron chi connectivity index (χ0n) is 19.8. The van der Waals surface area contributed by atoms with E-state index in [1.54, 1.807) is 7.11 Å². The van der Waals surface area contributed by atoms with E-state index in [-0.39, 0.29) is 24.6 Å². The smallest absolute Gasteiger partial charge is 0.336 e. The molecule has 0 radical (unpaired) electrons. The number of hydrogen-bond acceptors (Lipinski definition) is 7. The Morgan fingerprint density at radius 3 is 2.74 bits per heavy atom. The third-order valence-corrected chi connectivity index (χ3v) is 6.07. The first kappa shape index (κ1) is 24.0. The van der Waals surface area contributed by atoms with Crippen molar-refractivity contribution in [2.45, 2.75) is 39.2 Å². The van der Waals surface area contributed by atoms with E-state index in [1.807, 2.05) is 19.1 Å². The molecule has 0 fully saturated rings. The van der Waals surface area contributed by atoms with Gasteiger partial charge in [-0.05, 0) is 48.9 Å². The first-order chi connectivity index (χ1) is 16.5. The number of nitrogens with zero attached hydrogens (tertiary/aromatic N) is 1. The molecule has 2 aromatic carbocycles. The van der Waals surface area contributed by atoms with Crippen LogP contribution in [0.25, 0.3) is 11.0 Å². The van der Waals surface area contributed by atoms with E-state index in [1.165, 1.54) is 11.6 Å². The first-order valence-electron chi connectivity index (χ1n) is 11.7. The molecule has 3 aromatic rings. The Balaban J connectivity index is 1.53. The lowest BCUT2D eigenvalue weighted by molar-refractivity contribution is -0.144. The molecule has 0 N–H and O–H groups in total. The van der Waals surface area contributed by atoms with Gasteiger partial charge in [0, 0.05) is 38.1 Å². The lowest BCUT2D eigenvalue weighted by Gasteiger charge is -2.31. The third kappa shape index (κ3) is 5.85. The first-order valence-corrected chi connectivity index (χ1v) is 11.7. The van der Waals surface area contributed by atoms with Crippen LogP contribution in [0.5, 0.6) is 5.75 Å². The number of carbonyl (C=O) groups is 1. The zero-order valence-corrected chi connectivity index (χ0v) is 19.8. The SMILES string of the molecule is COCCOC(=O)CCc1cc2c(C)cc(=O)oc2c2c1OCN(CCCc1ccccc1)C2. The lowest BCUT2D eigenvalue weighted by Crippen LogP contribution is -2.33. The van der Waals surface area contributed by atoms with Crippen molar-refractivity contribution in [3.05, 3.63) is 75.1 Å². The van der Waals surface area contributed by atoms with Gasteiger partial charge in [-0.2, -0.15) is 0 Å². The standard InChI is InChI=1S/C27H31NO6/c1-19-15-25(30)34-27-22(19)16-21(10-11-24(29)32-14-13-31-2)26-23(27)17-28(18-33-26)12-6-9-20-7-4-3-5-8-20/h3-5,7-8,15-16H,6,9-14,17-18H2,1-2H3. The minimum atomic E-state index is -0.372. The number of rotatable bonds is 10. The van der Waals surface area contributed by atoms with Crippen LogP contribution >= 0.6 is 0 Å². The van der Waals surface area contributed by atoms with E-state index < -0.39 is 0 Å². The van der Waals surface area contributed by atoms with Gasteiger partial charge in [0.05, 0.1) is 12.2 Å². The molecule has 34 heavy (non-hydrogen) atoms. The van der Waals surface area contributed by atoms with Crippen LogP contribution in [0.2, 0.25) is 0 Å². The van der Waals surface area contributed by atoms with Gasteiger partial charge >= 0.3 is 11.6 Å². The molecule has 0 spiro atoms. The van der Waals surface area contributed by atoms with Crippen molar-refractivity contribution in [2.75, 3.05) is 33.6 Å². The molecule has 2 heterocycles. The molecule has 0 saturated heterocycles. The number of carbonyl (C=O) groups excluding carboxylic acids is 1.